The minimum absolute atomic E-state index is 0.816. The molecular formula is C23H23BrN4O. The summed E-state index contributed by atoms with van der Waals surface area (Å²) in [7, 11) is 1.74. The number of pyridine rings is 2. The molecule has 1 aliphatic rings. The lowest BCUT2D eigenvalue weighted by Crippen LogP contribution is -2.29. The average molecular weight is 451 g/mol. The average Bonchev–Trinajstić information content (AvgIpc) is 3.11. The van der Waals surface area contributed by atoms with Gasteiger partial charge in [-0.25, -0.2) is 9.97 Å². The molecule has 0 unspecified atom stereocenters. The Bertz CT molecular complexity index is 1180. The Labute approximate surface area is 178 Å². The van der Waals surface area contributed by atoms with Crippen LogP contribution in [0.15, 0.2) is 47.3 Å². The van der Waals surface area contributed by atoms with Gasteiger partial charge in [-0.3, -0.25) is 4.90 Å². The Balaban J connectivity index is 1.53. The third kappa shape index (κ3) is 3.63. The number of halogens is 1. The molecule has 0 saturated carbocycles. The van der Waals surface area contributed by atoms with E-state index in [9.17, 15) is 0 Å². The van der Waals surface area contributed by atoms with Crippen molar-refractivity contribution < 1.29 is 4.74 Å². The van der Waals surface area contributed by atoms with E-state index in [1.807, 2.05) is 18.5 Å². The van der Waals surface area contributed by atoms with Gasteiger partial charge in [0.15, 0.2) is 0 Å². The van der Waals surface area contributed by atoms with Crippen LogP contribution < -0.4 is 4.74 Å². The maximum atomic E-state index is 5.76. The fraction of sp³-hybridized carbons (Fsp3) is 0.304. The second-order valence-electron chi connectivity index (χ2n) is 7.67. The second-order valence-corrected chi connectivity index (χ2v) is 8.48. The maximum Gasteiger partial charge on any atom is 0.138 e. The molecule has 0 radical (unpaired) electrons. The number of likely N-dealkylation sites (tertiary alicyclic amines) is 1. The SMILES string of the molecule is COc1cc(CN2CCCCC2)ccc1-c1cnc2[nH]c3cnc(Br)cc3c2c1. The van der Waals surface area contributed by atoms with Crippen molar-refractivity contribution in [3.63, 3.8) is 0 Å². The first-order valence-electron chi connectivity index (χ1n) is 10.0. The lowest BCUT2D eigenvalue weighted by molar-refractivity contribution is 0.220. The van der Waals surface area contributed by atoms with E-state index in [4.69, 9.17) is 4.74 Å². The molecule has 4 aromatic rings. The summed E-state index contributed by atoms with van der Waals surface area (Å²) in [5.41, 5.74) is 5.25. The van der Waals surface area contributed by atoms with Crippen molar-refractivity contribution in [2.45, 2.75) is 25.8 Å². The largest absolute Gasteiger partial charge is 0.496 e. The van der Waals surface area contributed by atoms with Crippen LogP contribution in [0.2, 0.25) is 0 Å². The summed E-state index contributed by atoms with van der Waals surface area (Å²) in [6, 6.07) is 10.7. The molecule has 5 rings (SSSR count). The Morgan fingerprint density at radius 3 is 2.72 bits per heavy atom. The molecule has 1 aromatic carbocycles. The summed E-state index contributed by atoms with van der Waals surface area (Å²) in [6.07, 6.45) is 7.70. The fourth-order valence-electron chi connectivity index (χ4n) is 4.25. The number of rotatable bonds is 4. The van der Waals surface area contributed by atoms with Gasteiger partial charge >= 0.3 is 0 Å². The van der Waals surface area contributed by atoms with Gasteiger partial charge in [0.1, 0.15) is 16.0 Å². The number of nitrogens with one attached hydrogen (secondary N) is 1. The number of piperidine rings is 1. The zero-order valence-corrected chi connectivity index (χ0v) is 18.0. The third-order valence-corrected chi connectivity index (χ3v) is 6.17. The Morgan fingerprint density at radius 1 is 1.03 bits per heavy atom. The zero-order chi connectivity index (χ0) is 19.8. The molecule has 0 amide bonds. The summed E-state index contributed by atoms with van der Waals surface area (Å²) in [4.78, 5) is 14.8. The van der Waals surface area contributed by atoms with E-state index in [0.29, 0.717) is 0 Å². The van der Waals surface area contributed by atoms with Crippen molar-refractivity contribution in [2.75, 3.05) is 20.2 Å². The van der Waals surface area contributed by atoms with Gasteiger partial charge in [0, 0.05) is 34.6 Å². The van der Waals surface area contributed by atoms with E-state index < -0.39 is 0 Å². The number of hydrogen-bond acceptors (Lipinski definition) is 4. The van der Waals surface area contributed by atoms with Crippen LogP contribution in [0, 0.1) is 0 Å². The normalized spacial score (nSPS) is 15.2. The molecule has 0 atom stereocenters. The molecular weight excluding hydrogens is 428 g/mol. The maximum absolute atomic E-state index is 5.76. The van der Waals surface area contributed by atoms with Crippen molar-refractivity contribution in [1.82, 2.24) is 19.9 Å². The lowest BCUT2D eigenvalue weighted by atomic mass is 10.0. The van der Waals surface area contributed by atoms with E-state index in [0.717, 1.165) is 50.0 Å². The van der Waals surface area contributed by atoms with Crippen LogP contribution in [-0.2, 0) is 6.54 Å². The first-order chi connectivity index (χ1) is 14.2. The van der Waals surface area contributed by atoms with Gasteiger partial charge in [-0.2, -0.15) is 0 Å². The number of H-pyrrole nitrogens is 1. The fourth-order valence-corrected chi connectivity index (χ4v) is 4.58. The van der Waals surface area contributed by atoms with Gasteiger partial charge in [0.2, 0.25) is 0 Å². The Hall–Kier alpha value is -2.44. The van der Waals surface area contributed by atoms with Crippen LogP contribution in [0.25, 0.3) is 33.1 Å². The zero-order valence-electron chi connectivity index (χ0n) is 16.4. The molecule has 6 heteroatoms. The molecule has 148 valence electrons. The molecule has 0 aliphatic carbocycles. The molecule has 0 spiro atoms. The Kier molecular flexibility index (Phi) is 4.97. The minimum Gasteiger partial charge on any atom is -0.496 e. The van der Waals surface area contributed by atoms with Crippen molar-refractivity contribution in [1.29, 1.82) is 0 Å². The first kappa shape index (κ1) is 18.6. The lowest BCUT2D eigenvalue weighted by Gasteiger charge is -2.26. The van der Waals surface area contributed by atoms with E-state index >= 15 is 0 Å². The highest BCUT2D eigenvalue weighted by atomic mass is 79.9. The van der Waals surface area contributed by atoms with Crippen LogP contribution in [-0.4, -0.2) is 40.1 Å². The number of methoxy groups -OCH3 is 1. The predicted molar refractivity (Wildman–Crippen MR) is 120 cm³/mol. The van der Waals surface area contributed by atoms with Gasteiger partial charge in [0.05, 0.1) is 18.8 Å². The monoisotopic (exact) mass is 450 g/mol. The van der Waals surface area contributed by atoms with Crippen molar-refractivity contribution in [3.8, 4) is 16.9 Å². The Morgan fingerprint density at radius 2 is 1.90 bits per heavy atom. The summed E-state index contributed by atoms with van der Waals surface area (Å²) in [5, 5.41) is 2.19. The highest BCUT2D eigenvalue weighted by Gasteiger charge is 2.14. The van der Waals surface area contributed by atoms with Gasteiger partial charge in [-0.15, -0.1) is 0 Å². The van der Waals surface area contributed by atoms with Crippen LogP contribution >= 0.6 is 15.9 Å². The first-order valence-corrected chi connectivity index (χ1v) is 10.8. The van der Waals surface area contributed by atoms with Crippen LogP contribution in [0.5, 0.6) is 5.75 Å². The third-order valence-electron chi connectivity index (χ3n) is 5.73. The number of nitrogens with zero attached hydrogens (tertiary/aromatic N) is 3. The summed E-state index contributed by atoms with van der Waals surface area (Å²) < 4.78 is 6.57. The number of aromatic amines is 1. The van der Waals surface area contributed by atoms with Gasteiger partial charge < -0.3 is 9.72 Å². The van der Waals surface area contributed by atoms with Crippen molar-refractivity contribution in [2.24, 2.45) is 0 Å². The van der Waals surface area contributed by atoms with Crippen LogP contribution in [0.4, 0.5) is 0 Å². The topological polar surface area (TPSA) is 54.0 Å². The van der Waals surface area contributed by atoms with Gasteiger partial charge in [-0.05, 0) is 65.6 Å². The predicted octanol–water partition coefficient (Wildman–Crippen LogP) is 5.54. The van der Waals surface area contributed by atoms with E-state index in [-0.39, 0.29) is 0 Å². The number of benzene rings is 1. The minimum atomic E-state index is 0.816. The number of aromatic nitrogens is 3. The quantitative estimate of drug-likeness (QED) is 0.415. The summed E-state index contributed by atoms with van der Waals surface area (Å²) >= 11 is 3.47. The van der Waals surface area contributed by atoms with Crippen molar-refractivity contribution >= 4 is 37.9 Å². The van der Waals surface area contributed by atoms with Gasteiger partial charge in [0.25, 0.3) is 0 Å². The number of hydrogen-bond donors (Lipinski definition) is 1. The molecule has 0 bridgehead atoms. The van der Waals surface area contributed by atoms with Crippen LogP contribution in [0.3, 0.4) is 0 Å². The molecule has 29 heavy (non-hydrogen) atoms. The molecule has 4 heterocycles. The second kappa shape index (κ2) is 7.76. The van der Waals surface area contributed by atoms with Gasteiger partial charge in [-0.1, -0.05) is 18.6 Å². The molecule has 1 saturated heterocycles. The summed E-state index contributed by atoms with van der Waals surface area (Å²) in [5.74, 6) is 0.892. The number of fused-ring (bicyclic) bond motifs is 3. The van der Waals surface area contributed by atoms with E-state index in [1.54, 1.807) is 7.11 Å². The molecule has 1 aliphatic heterocycles. The molecule has 1 fully saturated rings. The highest BCUT2D eigenvalue weighted by Crippen LogP contribution is 2.34. The van der Waals surface area contributed by atoms with E-state index in [2.05, 4.69) is 60.0 Å². The van der Waals surface area contributed by atoms with Crippen molar-refractivity contribution in [3.05, 3.63) is 52.9 Å². The van der Waals surface area contributed by atoms with Crippen LogP contribution in [0.1, 0.15) is 24.8 Å². The summed E-state index contributed by atoms with van der Waals surface area (Å²) in [6.45, 7) is 3.36. The van der Waals surface area contributed by atoms with E-state index in [1.165, 1.54) is 37.9 Å². The number of ether oxygens (including phenoxy) is 1. The molecule has 5 nitrogen and oxygen atoms in total. The standard InChI is InChI=1S/C23H23BrN4O/c1-29-21-9-15(14-28-7-3-2-4-8-28)5-6-17(21)16-10-19-18-11-22(24)25-13-20(18)27-23(19)26-12-16/h5-6,9-13H,2-4,7-8,14H2,1H3,(H,26,27). The molecule has 1 N–H and O–H groups in total. The molecule has 3 aromatic heterocycles. The smallest absolute Gasteiger partial charge is 0.138 e. The highest BCUT2D eigenvalue weighted by molar-refractivity contribution is 9.10.